The van der Waals surface area contributed by atoms with Crippen molar-refractivity contribution in [2.75, 3.05) is 6.79 Å². The van der Waals surface area contributed by atoms with Gasteiger partial charge in [0.05, 0.1) is 11.5 Å². The van der Waals surface area contributed by atoms with Crippen molar-refractivity contribution in [1.82, 2.24) is 0 Å². The van der Waals surface area contributed by atoms with Crippen LogP contribution in [0.5, 0.6) is 0 Å². The normalized spacial score (nSPS) is 47.8. The maximum absolute atomic E-state index is 11.7. The quantitative estimate of drug-likeness (QED) is 0.544. The first-order valence-electron chi connectivity index (χ1n) is 5.66. The van der Waals surface area contributed by atoms with Gasteiger partial charge in [0, 0.05) is 6.42 Å². The first kappa shape index (κ1) is 9.60. The van der Waals surface area contributed by atoms with E-state index in [1.807, 2.05) is 0 Å². The van der Waals surface area contributed by atoms with Gasteiger partial charge in [-0.25, -0.2) is 0 Å². The number of carbonyl (C=O) groups excluding carboxylic acids is 1. The highest BCUT2D eigenvalue weighted by atomic mass is 16.6. The molecule has 1 N–H and O–H groups in total. The fraction of sp³-hybridized carbons (Fsp3) is 0.909. The zero-order chi connectivity index (χ0) is 10.5. The number of ether oxygens (including phenoxy) is 2. The highest BCUT2D eigenvalue weighted by molar-refractivity contribution is 5.73. The average molecular weight is 212 g/mol. The van der Waals surface area contributed by atoms with Crippen molar-refractivity contribution in [1.29, 1.82) is 0 Å². The Hall–Kier alpha value is -0.610. The van der Waals surface area contributed by atoms with E-state index in [1.54, 1.807) is 0 Å². The lowest BCUT2D eigenvalue weighted by Gasteiger charge is -2.45. The molecule has 0 aromatic heterocycles. The van der Waals surface area contributed by atoms with Crippen LogP contribution in [0.3, 0.4) is 0 Å². The Kier molecular flexibility index (Phi) is 2.04. The molecule has 4 rings (SSSR count). The van der Waals surface area contributed by atoms with Crippen molar-refractivity contribution in [2.45, 2.75) is 43.8 Å². The Labute approximate surface area is 88.6 Å². The first-order chi connectivity index (χ1) is 7.21. The number of aliphatic hydroxyl groups excluding tert-OH is 1. The van der Waals surface area contributed by atoms with Crippen LogP contribution in [-0.4, -0.2) is 29.6 Å². The topological polar surface area (TPSA) is 55.8 Å². The Morgan fingerprint density at radius 3 is 3.07 bits per heavy atom. The number of hydrogen-bond acceptors (Lipinski definition) is 4. The van der Waals surface area contributed by atoms with Crippen LogP contribution >= 0.6 is 0 Å². The minimum absolute atomic E-state index is 0.00259. The summed E-state index contributed by atoms with van der Waals surface area (Å²) in [6.45, 7) is -0.250. The average Bonchev–Trinajstić information content (AvgIpc) is 2.29. The van der Waals surface area contributed by atoms with E-state index < -0.39 is 0 Å². The summed E-state index contributed by atoms with van der Waals surface area (Å²) in [7, 11) is 0. The van der Waals surface area contributed by atoms with Crippen molar-refractivity contribution >= 4 is 5.97 Å². The highest BCUT2D eigenvalue weighted by Gasteiger charge is 2.53. The van der Waals surface area contributed by atoms with E-state index in [2.05, 4.69) is 0 Å². The number of aliphatic hydroxyl groups is 1. The molecule has 84 valence electrons. The number of fused-ring (bicyclic) bond motifs is 1. The summed E-state index contributed by atoms with van der Waals surface area (Å²) in [6, 6.07) is 0. The van der Waals surface area contributed by atoms with Gasteiger partial charge in [-0.2, -0.15) is 0 Å². The van der Waals surface area contributed by atoms with Gasteiger partial charge in [0.25, 0.3) is 0 Å². The molecule has 4 aliphatic rings. The van der Waals surface area contributed by atoms with Gasteiger partial charge in [-0.15, -0.1) is 0 Å². The zero-order valence-corrected chi connectivity index (χ0v) is 8.65. The second-order valence-corrected chi connectivity index (χ2v) is 5.16. The molecular weight excluding hydrogens is 196 g/mol. The van der Waals surface area contributed by atoms with Crippen LogP contribution in [0.15, 0.2) is 0 Å². The molecule has 0 radical (unpaired) electrons. The maximum atomic E-state index is 11.7. The lowest BCUT2D eigenvalue weighted by atomic mass is 9.65. The summed E-state index contributed by atoms with van der Waals surface area (Å²) < 4.78 is 10.9. The van der Waals surface area contributed by atoms with Gasteiger partial charge in [0.2, 0.25) is 0 Å². The van der Waals surface area contributed by atoms with Crippen LogP contribution in [0.2, 0.25) is 0 Å². The monoisotopic (exact) mass is 212 g/mol. The summed E-state index contributed by atoms with van der Waals surface area (Å²) in [5, 5.41) is 8.94. The molecule has 2 saturated carbocycles. The predicted molar refractivity (Wildman–Crippen MR) is 50.8 cm³/mol. The van der Waals surface area contributed by atoms with Gasteiger partial charge in [0.15, 0.2) is 0 Å². The van der Waals surface area contributed by atoms with Crippen LogP contribution < -0.4 is 0 Å². The molecule has 4 heteroatoms. The highest BCUT2D eigenvalue weighted by Crippen LogP contribution is 2.51. The molecule has 0 aromatic rings. The molecule has 2 aliphatic heterocycles. The lowest BCUT2D eigenvalue weighted by Crippen LogP contribution is -2.47. The van der Waals surface area contributed by atoms with Crippen molar-refractivity contribution in [3.05, 3.63) is 0 Å². The summed E-state index contributed by atoms with van der Waals surface area (Å²) in [6.07, 6.45) is 4.45. The second kappa shape index (κ2) is 3.19. The fourth-order valence-electron chi connectivity index (χ4n) is 3.69. The molecule has 15 heavy (non-hydrogen) atoms. The van der Waals surface area contributed by atoms with E-state index in [0.29, 0.717) is 5.92 Å². The van der Waals surface area contributed by atoms with Crippen molar-refractivity contribution in [2.24, 2.45) is 11.8 Å². The number of rotatable bonds is 2. The van der Waals surface area contributed by atoms with Crippen molar-refractivity contribution in [3.63, 3.8) is 0 Å². The standard InChI is InChI=1S/C11H16O4/c12-6-14-11-3-7-1-8(4-11)10(13)15-9(2-7)5-11/h7-9,12H,1-6H2. The third-order valence-electron chi connectivity index (χ3n) is 4.08. The molecule has 0 spiro atoms. The SMILES string of the molecule is O=C1OC2CC3CC1CC(OCO)(C3)C2. The molecule has 2 aliphatic carbocycles. The minimum Gasteiger partial charge on any atom is -0.462 e. The Balaban J connectivity index is 1.91. The molecule has 2 saturated heterocycles. The van der Waals surface area contributed by atoms with Crippen molar-refractivity contribution < 1.29 is 19.4 Å². The second-order valence-electron chi connectivity index (χ2n) is 5.16. The molecule has 0 aromatic carbocycles. The molecule has 4 atom stereocenters. The van der Waals surface area contributed by atoms with E-state index in [-0.39, 0.29) is 30.4 Å². The largest absolute Gasteiger partial charge is 0.462 e. The van der Waals surface area contributed by atoms with Crippen LogP contribution in [0.1, 0.15) is 32.1 Å². The molecule has 4 fully saturated rings. The molecule has 0 amide bonds. The number of esters is 1. The summed E-state index contributed by atoms with van der Waals surface area (Å²) in [5.74, 6) is 0.494. The number of hydrogen-bond donors (Lipinski definition) is 1. The molecule has 4 bridgehead atoms. The van der Waals surface area contributed by atoms with E-state index in [4.69, 9.17) is 14.6 Å². The predicted octanol–water partition coefficient (Wildman–Crippen LogP) is 0.827. The first-order valence-corrected chi connectivity index (χ1v) is 5.66. The third-order valence-corrected chi connectivity index (χ3v) is 4.08. The Morgan fingerprint density at radius 1 is 1.40 bits per heavy atom. The van der Waals surface area contributed by atoms with E-state index >= 15 is 0 Å². The van der Waals surface area contributed by atoms with Crippen molar-refractivity contribution in [3.8, 4) is 0 Å². The molecule has 2 heterocycles. The van der Waals surface area contributed by atoms with Crippen LogP contribution in [0.25, 0.3) is 0 Å². The molecule has 4 unspecified atom stereocenters. The third kappa shape index (κ3) is 1.47. The van der Waals surface area contributed by atoms with Gasteiger partial charge in [-0.05, 0) is 31.6 Å². The lowest BCUT2D eigenvalue weighted by molar-refractivity contribution is -0.168. The van der Waals surface area contributed by atoms with E-state index in [9.17, 15) is 4.79 Å². The Bertz CT molecular complexity index is 290. The summed E-state index contributed by atoms with van der Waals surface area (Å²) in [4.78, 5) is 11.7. The zero-order valence-electron chi connectivity index (χ0n) is 8.65. The number of carbonyl (C=O) groups is 1. The van der Waals surface area contributed by atoms with Crippen LogP contribution in [-0.2, 0) is 14.3 Å². The van der Waals surface area contributed by atoms with Gasteiger partial charge >= 0.3 is 5.97 Å². The van der Waals surface area contributed by atoms with Gasteiger partial charge in [-0.3, -0.25) is 4.79 Å². The maximum Gasteiger partial charge on any atom is 0.309 e. The van der Waals surface area contributed by atoms with Crippen LogP contribution in [0.4, 0.5) is 0 Å². The Morgan fingerprint density at radius 2 is 2.27 bits per heavy atom. The van der Waals surface area contributed by atoms with Gasteiger partial charge < -0.3 is 14.6 Å². The van der Waals surface area contributed by atoms with Gasteiger partial charge in [0.1, 0.15) is 12.9 Å². The van der Waals surface area contributed by atoms with E-state index in [0.717, 1.165) is 32.1 Å². The van der Waals surface area contributed by atoms with E-state index in [1.165, 1.54) is 0 Å². The fourth-order valence-corrected chi connectivity index (χ4v) is 3.69. The summed E-state index contributed by atoms with van der Waals surface area (Å²) in [5.41, 5.74) is -0.280. The van der Waals surface area contributed by atoms with Crippen LogP contribution in [0, 0.1) is 11.8 Å². The smallest absolute Gasteiger partial charge is 0.309 e. The van der Waals surface area contributed by atoms with Gasteiger partial charge in [-0.1, -0.05) is 0 Å². The summed E-state index contributed by atoms with van der Waals surface area (Å²) >= 11 is 0. The minimum atomic E-state index is -0.280. The molecule has 4 nitrogen and oxygen atoms in total. The molecular formula is C11H16O4.